The largest absolute Gasteiger partial charge is 0.375 e. The molecular formula is C9H13NO. The Hall–Kier alpha value is -0.890. The lowest BCUT2D eigenvalue weighted by Gasteiger charge is -1.99. The summed E-state index contributed by atoms with van der Waals surface area (Å²) in [5.41, 5.74) is 1.00. The second-order valence-corrected chi connectivity index (χ2v) is 2.37. The van der Waals surface area contributed by atoms with Crippen LogP contribution in [0.25, 0.3) is 0 Å². The third-order valence-corrected chi connectivity index (χ3v) is 1.32. The van der Waals surface area contributed by atoms with Gasteiger partial charge in [-0.15, -0.1) is 0 Å². The normalized spacial score (nSPS) is 9.91. The minimum absolute atomic E-state index is 0.634. The summed E-state index contributed by atoms with van der Waals surface area (Å²) in [6.45, 7) is 3.55. The van der Waals surface area contributed by atoms with Gasteiger partial charge in [0.2, 0.25) is 0 Å². The fraction of sp³-hybridized carbons (Fsp3) is 0.444. The molecule has 0 bridgehead atoms. The predicted octanol–water partition coefficient (Wildman–Crippen LogP) is 2.01. The first kappa shape index (κ1) is 8.21. The van der Waals surface area contributed by atoms with E-state index in [1.54, 1.807) is 6.20 Å². The molecule has 1 aromatic rings. The number of aromatic nitrogens is 1. The van der Waals surface area contributed by atoms with Crippen molar-refractivity contribution >= 4 is 0 Å². The summed E-state index contributed by atoms with van der Waals surface area (Å²) in [7, 11) is 0. The Balaban J connectivity index is 2.28. The van der Waals surface area contributed by atoms with Crippen molar-refractivity contribution in [3.05, 3.63) is 30.1 Å². The molecular weight excluding hydrogens is 138 g/mol. The van der Waals surface area contributed by atoms with Gasteiger partial charge in [0.15, 0.2) is 0 Å². The number of rotatable bonds is 4. The first-order valence-corrected chi connectivity index (χ1v) is 3.91. The van der Waals surface area contributed by atoms with Gasteiger partial charge in [-0.05, 0) is 18.6 Å². The topological polar surface area (TPSA) is 22.1 Å². The zero-order valence-corrected chi connectivity index (χ0v) is 6.79. The third-order valence-electron chi connectivity index (χ3n) is 1.32. The predicted molar refractivity (Wildman–Crippen MR) is 44.2 cm³/mol. The van der Waals surface area contributed by atoms with E-state index in [0.717, 1.165) is 18.7 Å². The minimum Gasteiger partial charge on any atom is -0.375 e. The molecule has 0 aliphatic rings. The van der Waals surface area contributed by atoms with Crippen molar-refractivity contribution in [3.63, 3.8) is 0 Å². The van der Waals surface area contributed by atoms with Crippen LogP contribution in [0.15, 0.2) is 24.4 Å². The molecule has 0 saturated heterocycles. The van der Waals surface area contributed by atoms with Crippen molar-refractivity contribution in [1.29, 1.82) is 0 Å². The van der Waals surface area contributed by atoms with E-state index in [2.05, 4.69) is 11.9 Å². The molecule has 0 unspecified atom stereocenters. The second-order valence-electron chi connectivity index (χ2n) is 2.37. The first-order chi connectivity index (χ1) is 5.43. The first-order valence-electron chi connectivity index (χ1n) is 3.91. The zero-order chi connectivity index (χ0) is 7.94. The van der Waals surface area contributed by atoms with E-state index in [1.807, 2.05) is 18.2 Å². The molecule has 2 nitrogen and oxygen atoms in total. The standard InChI is InChI=1S/C9H13NO/c1-2-7-11-8-9-5-3-4-6-10-9/h3-6H,2,7-8H2,1H3. The minimum atomic E-state index is 0.634. The van der Waals surface area contributed by atoms with Crippen LogP contribution in [0.2, 0.25) is 0 Å². The Labute approximate surface area is 67.2 Å². The molecule has 2 heteroatoms. The zero-order valence-electron chi connectivity index (χ0n) is 6.79. The van der Waals surface area contributed by atoms with E-state index in [1.165, 1.54) is 0 Å². The lowest BCUT2D eigenvalue weighted by atomic mass is 10.4. The van der Waals surface area contributed by atoms with Crippen molar-refractivity contribution in [2.75, 3.05) is 6.61 Å². The molecule has 0 aliphatic carbocycles. The van der Waals surface area contributed by atoms with Crippen molar-refractivity contribution in [3.8, 4) is 0 Å². The van der Waals surface area contributed by atoms with E-state index in [0.29, 0.717) is 6.61 Å². The Kier molecular flexibility index (Phi) is 3.62. The summed E-state index contributed by atoms with van der Waals surface area (Å²) in [4.78, 5) is 4.13. The highest BCUT2D eigenvalue weighted by Gasteiger charge is 1.90. The summed E-state index contributed by atoms with van der Waals surface area (Å²) >= 11 is 0. The Morgan fingerprint density at radius 1 is 1.45 bits per heavy atom. The van der Waals surface area contributed by atoms with Crippen molar-refractivity contribution in [2.24, 2.45) is 0 Å². The summed E-state index contributed by atoms with van der Waals surface area (Å²) in [5, 5.41) is 0. The van der Waals surface area contributed by atoms with Crippen molar-refractivity contribution < 1.29 is 4.74 Å². The highest BCUT2D eigenvalue weighted by Crippen LogP contribution is 1.95. The summed E-state index contributed by atoms with van der Waals surface area (Å²) < 4.78 is 5.31. The lowest BCUT2D eigenvalue weighted by molar-refractivity contribution is 0.119. The van der Waals surface area contributed by atoms with Gasteiger partial charge in [0.05, 0.1) is 12.3 Å². The van der Waals surface area contributed by atoms with E-state index >= 15 is 0 Å². The van der Waals surface area contributed by atoms with E-state index < -0.39 is 0 Å². The van der Waals surface area contributed by atoms with Gasteiger partial charge < -0.3 is 4.74 Å². The smallest absolute Gasteiger partial charge is 0.0887 e. The van der Waals surface area contributed by atoms with Crippen LogP contribution in [-0.2, 0) is 11.3 Å². The number of hydrogen-bond acceptors (Lipinski definition) is 2. The SMILES string of the molecule is CCCOCc1ccccn1. The highest BCUT2D eigenvalue weighted by molar-refractivity contribution is 5.01. The van der Waals surface area contributed by atoms with E-state index in [-0.39, 0.29) is 0 Å². The van der Waals surface area contributed by atoms with Crippen LogP contribution < -0.4 is 0 Å². The maximum absolute atomic E-state index is 5.31. The van der Waals surface area contributed by atoms with Crippen LogP contribution in [0.5, 0.6) is 0 Å². The number of nitrogens with zero attached hydrogens (tertiary/aromatic N) is 1. The van der Waals surface area contributed by atoms with Gasteiger partial charge in [-0.25, -0.2) is 0 Å². The molecule has 0 amide bonds. The molecule has 11 heavy (non-hydrogen) atoms. The van der Waals surface area contributed by atoms with Crippen LogP contribution in [0.4, 0.5) is 0 Å². The highest BCUT2D eigenvalue weighted by atomic mass is 16.5. The van der Waals surface area contributed by atoms with Gasteiger partial charge in [-0.3, -0.25) is 4.98 Å². The summed E-state index contributed by atoms with van der Waals surface area (Å²) in [6.07, 6.45) is 2.84. The van der Waals surface area contributed by atoms with E-state index in [9.17, 15) is 0 Å². The Bertz CT molecular complexity index is 186. The molecule has 0 atom stereocenters. The van der Waals surface area contributed by atoms with Crippen LogP contribution in [0, 0.1) is 0 Å². The van der Waals surface area contributed by atoms with Gasteiger partial charge in [0, 0.05) is 12.8 Å². The summed E-state index contributed by atoms with van der Waals surface area (Å²) in [5.74, 6) is 0. The maximum Gasteiger partial charge on any atom is 0.0887 e. The number of ether oxygens (including phenoxy) is 1. The van der Waals surface area contributed by atoms with Gasteiger partial charge in [-0.2, -0.15) is 0 Å². The third kappa shape index (κ3) is 3.14. The van der Waals surface area contributed by atoms with Crippen molar-refractivity contribution in [2.45, 2.75) is 20.0 Å². The molecule has 0 radical (unpaired) electrons. The molecule has 1 aromatic heterocycles. The molecule has 1 rings (SSSR count). The molecule has 0 aromatic carbocycles. The Morgan fingerprint density at radius 3 is 3.00 bits per heavy atom. The maximum atomic E-state index is 5.31. The quantitative estimate of drug-likeness (QED) is 0.614. The average molecular weight is 151 g/mol. The van der Waals surface area contributed by atoms with Gasteiger partial charge in [0.1, 0.15) is 0 Å². The molecule has 0 saturated carbocycles. The second kappa shape index (κ2) is 4.85. The Morgan fingerprint density at radius 2 is 2.36 bits per heavy atom. The van der Waals surface area contributed by atoms with Crippen LogP contribution in [-0.4, -0.2) is 11.6 Å². The number of pyridine rings is 1. The lowest BCUT2D eigenvalue weighted by Crippen LogP contribution is -1.95. The van der Waals surface area contributed by atoms with E-state index in [4.69, 9.17) is 4.74 Å². The molecule has 0 N–H and O–H groups in total. The van der Waals surface area contributed by atoms with Crippen molar-refractivity contribution in [1.82, 2.24) is 4.98 Å². The molecule has 0 spiro atoms. The van der Waals surface area contributed by atoms with Gasteiger partial charge >= 0.3 is 0 Å². The average Bonchev–Trinajstić information content (AvgIpc) is 2.07. The molecule has 0 fully saturated rings. The fourth-order valence-electron chi connectivity index (χ4n) is 0.805. The monoisotopic (exact) mass is 151 g/mol. The van der Waals surface area contributed by atoms with Gasteiger partial charge in [-0.1, -0.05) is 13.0 Å². The number of hydrogen-bond donors (Lipinski definition) is 0. The molecule has 0 aliphatic heterocycles. The van der Waals surface area contributed by atoms with Crippen LogP contribution >= 0.6 is 0 Å². The molecule has 60 valence electrons. The van der Waals surface area contributed by atoms with Crippen LogP contribution in [0.3, 0.4) is 0 Å². The fourth-order valence-corrected chi connectivity index (χ4v) is 0.805. The summed E-state index contributed by atoms with van der Waals surface area (Å²) in [6, 6.07) is 5.84. The van der Waals surface area contributed by atoms with Gasteiger partial charge in [0.25, 0.3) is 0 Å². The molecule has 1 heterocycles. The van der Waals surface area contributed by atoms with Crippen LogP contribution in [0.1, 0.15) is 19.0 Å².